The van der Waals surface area contributed by atoms with Gasteiger partial charge in [0.2, 0.25) is 0 Å². The maximum Gasteiger partial charge on any atom is 0.152 e. The molecule has 3 N–H and O–H groups in total. The summed E-state index contributed by atoms with van der Waals surface area (Å²) in [5.41, 5.74) is 1.96. The number of aliphatic hydroxyl groups excluding tert-OH is 1. The summed E-state index contributed by atoms with van der Waals surface area (Å²) in [6.45, 7) is 6.40. The van der Waals surface area contributed by atoms with Crippen molar-refractivity contribution in [3.63, 3.8) is 0 Å². The average molecular weight is 342 g/mol. The highest BCUT2D eigenvalue weighted by Gasteiger charge is 2.13. The molecule has 0 aliphatic rings. The molecule has 126 valence electrons. The average Bonchev–Trinajstić information content (AvgIpc) is 3.09. The number of nitrogens with one attached hydrogen (secondary N) is 2. The molecule has 0 radical (unpaired) electrons. The molecule has 0 spiro atoms. The third-order valence-corrected chi connectivity index (χ3v) is 4.31. The van der Waals surface area contributed by atoms with Gasteiger partial charge in [-0.2, -0.15) is 0 Å². The number of hydrogen-bond acceptors (Lipinski definition) is 5. The van der Waals surface area contributed by atoms with Gasteiger partial charge >= 0.3 is 0 Å². The van der Waals surface area contributed by atoms with E-state index in [1.165, 1.54) is 0 Å². The molecule has 5 heteroatoms. The lowest BCUT2D eigenvalue weighted by Crippen LogP contribution is -2.15. The van der Waals surface area contributed by atoms with Gasteiger partial charge in [0, 0.05) is 23.0 Å². The van der Waals surface area contributed by atoms with E-state index in [9.17, 15) is 0 Å². The Morgan fingerprint density at radius 1 is 1.38 bits per heavy atom. The number of hydrogen-bond donors (Lipinski definition) is 3. The Morgan fingerprint density at radius 3 is 2.88 bits per heavy atom. The summed E-state index contributed by atoms with van der Waals surface area (Å²) in [5, 5.41) is 23.3. The first-order valence-corrected chi connectivity index (χ1v) is 8.64. The molecule has 0 aliphatic carbocycles. The number of benzene rings is 1. The van der Waals surface area contributed by atoms with E-state index in [1.807, 2.05) is 35.7 Å². The minimum absolute atomic E-state index is 0.167. The van der Waals surface area contributed by atoms with Crippen molar-refractivity contribution in [1.29, 1.82) is 5.41 Å². The van der Waals surface area contributed by atoms with Gasteiger partial charge in [-0.05, 0) is 23.6 Å². The van der Waals surface area contributed by atoms with Gasteiger partial charge in [0.15, 0.2) is 5.76 Å². The van der Waals surface area contributed by atoms with E-state index in [2.05, 4.69) is 18.8 Å². The van der Waals surface area contributed by atoms with E-state index in [-0.39, 0.29) is 6.61 Å². The number of thioether (sulfide) groups is 1. The number of allylic oxidation sites excluding steroid dienone is 2. The van der Waals surface area contributed by atoms with Crippen LogP contribution in [0.5, 0.6) is 0 Å². The van der Waals surface area contributed by atoms with Crippen molar-refractivity contribution in [2.45, 2.75) is 18.8 Å². The van der Waals surface area contributed by atoms with Gasteiger partial charge in [0.05, 0.1) is 0 Å². The molecule has 1 atom stereocenters. The van der Waals surface area contributed by atoms with Gasteiger partial charge in [-0.3, -0.25) is 5.41 Å². The first-order valence-electron chi connectivity index (χ1n) is 7.70. The van der Waals surface area contributed by atoms with Gasteiger partial charge < -0.3 is 14.8 Å². The molecule has 1 aromatic carbocycles. The van der Waals surface area contributed by atoms with Crippen molar-refractivity contribution in [3.8, 4) is 0 Å². The third kappa shape index (κ3) is 4.88. The molecule has 0 fully saturated rings. The van der Waals surface area contributed by atoms with Crippen LogP contribution < -0.4 is 5.32 Å². The fourth-order valence-corrected chi connectivity index (χ4v) is 2.77. The predicted octanol–water partition coefficient (Wildman–Crippen LogP) is 4.42. The molecule has 1 unspecified atom stereocenters. The van der Waals surface area contributed by atoms with Crippen LogP contribution in [-0.2, 0) is 6.61 Å². The van der Waals surface area contributed by atoms with Crippen molar-refractivity contribution < 1.29 is 9.52 Å². The van der Waals surface area contributed by atoms with Crippen LogP contribution in [-0.4, -0.2) is 22.6 Å². The van der Waals surface area contributed by atoms with E-state index >= 15 is 0 Å². The molecule has 0 amide bonds. The summed E-state index contributed by atoms with van der Waals surface area (Å²) in [7, 11) is 0. The van der Waals surface area contributed by atoms with Crippen molar-refractivity contribution in [3.05, 3.63) is 77.6 Å². The standard InChI is InChI=1S/C19H22N2O2S/c1-3-4-11-24-14(2)12-21-17-8-6-5-7-16(17)19(20)18-10-9-15(13-22)23-18/h3-11,14,20-22H,1,12-13H2,2H3/b11-4-,20-19?. The number of para-hydroxylation sites is 1. The van der Waals surface area contributed by atoms with Crippen LogP contribution in [0, 0.1) is 5.41 Å². The van der Waals surface area contributed by atoms with Gasteiger partial charge in [-0.1, -0.05) is 43.9 Å². The normalized spacial score (nSPS) is 12.2. The largest absolute Gasteiger partial charge is 0.457 e. The molecular weight excluding hydrogens is 320 g/mol. The Bertz CT molecular complexity index is 722. The Morgan fingerprint density at radius 2 is 2.17 bits per heavy atom. The van der Waals surface area contributed by atoms with Crippen LogP contribution in [0.2, 0.25) is 0 Å². The lowest BCUT2D eigenvalue weighted by molar-refractivity contribution is 0.246. The minimum atomic E-state index is -0.167. The smallest absolute Gasteiger partial charge is 0.152 e. The zero-order valence-electron chi connectivity index (χ0n) is 13.7. The highest BCUT2D eigenvalue weighted by atomic mass is 32.2. The minimum Gasteiger partial charge on any atom is -0.457 e. The van der Waals surface area contributed by atoms with E-state index in [0.717, 1.165) is 17.8 Å². The molecule has 0 saturated carbocycles. The number of rotatable bonds is 9. The van der Waals surface area contributed by atoms with Crippen LogP contribution in [0.4, 0.5) is 5.69 Å². The second-order valence-electron chi connectivity index (χ2n) is 5.24. The maximum atomic E-state index is 9.10. The van der Waals surface area contributed by atoms with E-state index in [1.54, 1.807) is 30.0 Å². The van der Waals surface area contributed by atoms with Gasteiger partial charge in [-0.25, -0.2) is 0 Å². The Balaban J connectivity index is 2.08. The second-order valence-corrected chi connectivity index (χ2v) is 6.59. The number of furan rings is 1. The SMILES string of the molecule is C=C/C=C\SC(C)CNc1ccccc1C(=N)c1ccc(CO)o1. The second kappa shape index (κ2) is 9.15. The zero-order valence-corrected chi connectivity index (χ0v) is 14.5. The summed E-state index contributed by atoms with van der Waals surface area (Å²) in [5.74, 6) is 0.906. The van der Waals surface area contributed by atoms with E-state index in [4.69, 9.17) is 14.9 Å². The molecular formula is C19H22N2O2S. The molecule has 2 rings (SSSR count). The molecule has 1 aromatic heterocycles. The monoisotopic (exact) mass is 342 g/mol. The van der Waals surface area contributed by atoms with Gasteiger partial charge in [-0.15, -0.1) is 11.8 Å². The van der Waals surface area contributed by atoms with Crippen molar-refractivity contribution in [2.75, 3.05) is 11.9 Å². The predicted molar refractivity (Wildman–Crippen MR) is 102 cm³/mol. The summed E-state index contributed by atoms with van der Waals surface area (Å²) < 4.78 is 5.47. The van der Waals surface area contributed by atoms with Crippen LogP contribution >= 0.6 is 11.8 Å². The zero-order chi connectivity index (χ0) is 17.4. The molecule has 0 saturated heterocycles. The highest BCUT2D eigenvalue weighted by molar-refractivity contribution is 8.02. The lowest BCUT2D eigenvalue weighted by atomic mass is 10.1. The molecule has 24 heavy (non-hydrogen) atoms. The summed E-state index contributed by atoms with van der Waals surface area (Å²) in [4.78, 5) is 0. The topological polar surface area (TPSA) is 69.2 Å². The summed E-state index contributed by atoms with van der Waals surface area (Å²) in [6.07, 6.45) is 3.67. The molecule has 2 aromatic rings. The van der Waals surface area contributed by atoms with Gasteiger partial charge in [0.1, 0.15) is 18.1 Å². The summed E-state index contributed by atoms with van der Waals surface area (Å²) in [6, 6.07) is 11.1. The first-order chi connectivity index (χ1) is 11.7. The Labute approximate surface area is 146 Å². The molecule has 0 aliphatic heterocycles. The lowest BCUT2D eigenvalue weighted by Gasteiger charge is -2.15. The molecule has 0 bridgehead atoms. The van der Waals surface area contributed by atoms with Gasteiger partial charge in [0.25, 0.3) is 0 Å². The fourth-order valence-electron chi connectivity index (χ4n) is 2.12. The number of aliphatic hydroxyl groups is 1. The van der Waals surface area contributed by atoms with Crippen molar-refractivity contribution >= 4 is 23.2 Å². The third-order valence-electron chi connectivity index (χ3n) is 3.37. The van der Waals surface area contributed by atoms with E-state index < -0.39 is 0 Å². The van der Waals surface area contributed by atoms with Crippen molar-refractivity contribution in [2.24, 2.45) is 0 Å². The van der Waals surface area contributed by atoms with Crippen LogP contribution in [0.25, 0.3) is 0 Å². The van der Waals surface area contributed by atoms with Crippen molar-refractivity contribution in [1.82, 2.24) is 0 Å². The van der Waals surface area contributed by atoms with Crippen LogP contribution in [0.3, 0.4) is 0 Å². The first kappa shape index (κ1) is 18.1. The van der Waals surface area contributed by atoms with Crippen LogP contribution in [0.1, 0.15) is 24.0 Å². The molecule has 1 heterocycles. The van der Waals surface area contributed by atoms with E-state index in [0.29, 0.717) is 22.5 Å². The molecule has 4 nitrogen and oxygen atoms in total. The number of anilines is 1. The Kier molecular flexibility index (Phi) is 6.90. The summed E-state index contributed by atoms with van der Waals surface area (Å²) >= 11 is 1.72. The van der Waals surface area contributed by atoms with Crippen LogP contribution in [0.15, 0.2) is 65.0 Å². The quantitative estimate of drug-likeness (QED) is 0.466. The Hall–Kier alpha value is -2.24. The maximum absolute atomic E-state index is 9.10. The fraction of sp³-hybridized carbons (Fsp3) is 0.211. The highest BCUT2D eigenvalue weighted by Crippen LogP contribution is 2.22.